The van der Waals surface area contributed by atoms with E-state index in [1.54, 1.807) is 0 Å². The number of nitrogens with one attached hydrogen (secondary N) is 1. The van der Waals surface area contributed by atoms with Gasteiger partial charge in [0.05, 0.1) is 20.6 Å². The van der Waals surface area contributed by atoms with Crippen LogP contribution in [0, 0.1) is 0 Å². The summed E-state index contributed by atoms with van der Waals surface area (Å²) in [5, 5.41) is 2.62. The number of esters is 1. The van der Waals surface area contributed by atoms with Crippen molar-refractivity contribution in [3.8, 4) is 5.88 Å². The quantitative estimate of drug-likeness (QED) is 0.731. The van der Waals surface area contributed by atoms with Gasteiger partial charge in [-0.25, -0.2) is 9.78 Å². The molecule has 0 saturated heterocycles. The average Bonchev–Trinajstić information content (AvgIpc) is 2.66. The molecule has 1 amide bonds. The van der Waals surface area contributed by atoms with E-state index in [0.29, 0.717) is 11.3 Å². The maximum absolute atomic E-state index is 11.3. The van der Waals surface area contributed by atoms with E-state index in [9.17, 15) is 9.59 Å². The maximum atomic E-state index is 11.3. The lowest BCUT2D eigenvalue weighted by molar-refractivity contribution is -0.115. The minimum Gasteiger partial charge on any atom is -0.479 e. The third-order valence-corrected chi connectivity index (χ3v) is 2.27. The van der Waals surface area contributed by atoms with Gasteiger partial charge in [0, 0.05) is 0 Å². The lowest BCUT2D eigenvalue weighted by Gasteiger charge is -2.07. The number of methoxy groups -OCH3 is 2. The Bertz CT molecular complexity index is 470. The molecule has 0 radical (unpaired) electrons. The highest BCUT2D eigenvalue weighted by Gasteiger charge is 2.25. The van der Waals surface area contributed by atoms with E-state index in [1.165, 1.54) is 20.3 Å². The van der Waals surface area contributed by atoms with Crippen molar-refractivity contribution in [1.82, 2.24) is 4.98 Å². The zero-order valence-electron chi connectivity index (χ0n) is 8.86. The molecule has 0 aliphatic carbocycles. The molecule has 2 rings (SSSR count). The molecule has 16 heavy (non-hydrogen) atoms. The zero-order chi connectivity index (χ0) is 11.7. The minimum absolute atomic E-state index is 0.134. The molecule has 0 atom stereocenters. The summed E-state index contributed by atoms with van der Waals surface area (Å²) < 4.78 is 9.57. The van der Waals surface area contributed by atoms with Gasteiger partial charge in [-0.2, -0.15) is 0 Å². The number of rotatable bonds is 2. The van der Waals surface area contributed by atoms with Gasteiger partial charge >= 0.3 is 5.97 Å². The number of nitrogens with zero attached hydrogens (tertiary/aromatic N) is 1. The van der Waals surface area contributed by atoms with E-state index in [-0.39, 0.29) is 23.9 Å². The number of carbonyl (C=O) groups is 2. The highest BCUT2D eigenvalue weighted by molar-refractivity contribution is 6.01. The molecule has 0 unspecified atom stereocenters. The van der Waals surface area contributed by atoms with Gasteiger partial charge in [-0.3, -0.25) is 4.79 Å². The number of hydrogen-bond donors (Lipinski definition) is 1. The normalized spacial score (nSPS) is 13.0. The molecular formula is C10H10N2O4. The van der Waals surface area contributed by atoms with Gasteiger partial charge in [0.2, 0.25) is 11.8 Å². The van der Waals surface area contributed by atoms with Gasteiger partial charge < -0.3 is 14.8 Å². The number of fused-ring (bicyclic) bond motifs is 1. The predicted molar refractivity (Wildman–Crippen MR) is 54.5 cm³/mol. The molecule has 0 saturated carbocycles. The fraction of sp³-hybridized carbons (Fsp3) is 0.300. The Kier molecular flexibility index (Phi) is 2.47. The average molecular weight is 222 g/mol. The molecule has 2 heterocycles. The molecule has 0 aromatic carbocycles. The molecule has 1 aromatic rings. The smallest absolute Gasteiger partial charge is 0.356 e. The summed E-state index contributed by atoms with van der Waals surface area (Å²) in [6, 6.07) is 1.53. The Morgan fingerprint density at radius 2 is 2.25 bits per heavy atom. The van der Waals surface area contributed by atoms with E-state index in [1.807, 2.05) is 0 Å². The summed E-state index contributed by atoms with van der Waals surface area (Å²) in [7, 11) is 2.70. The van der Waals surface area contributed by atoms with Crippen LogP contribution in [0.2, 0.25) is 0 Å². The van der Waals surface area contributed by atoms with E-state index >= 15 is 0 Å². The Hall–Kier alpha value is -2.11. The van der Waals surface area contributed by atoms with Crippen molar-refractivity contribution in [1.29, 1.82) is 0 Å². The third-order valence-electron chi connectivity index (χ3n) is 2.27. The molecule has 1 aliphatic rings. The Labute approximate surface area is 91.6 Å². The molecule has 6 heteroatoms. The van der Waals surface area contributed by atoms with Crippen molar-refractivity contribution in [2.45, 2.75) is 6.42 Å². The molecule has 0 bridgehead atoms. The summed E-state index contributed by atoms with van der Waals surface area (Å²) in [6.45, 7) is 0. The van der Waals surface area contributed by atoms with Crippen molar-refractivity contribution in [2.75, 3.05) is 19.5 Å². The van der Waals surface area contributed by atoms with Gasteiger partial charge in [0.25, 0.3) is 0 Å². The van der Waals surface area contributed by atoms with Crippen LogP contribution in [0.3, 0.4) is 0 Å². The van der Waals surface area contributed by atoms with Crippen LogP contribution in [-0.4, -0.2) is 31.1 Å². The molecule has 84 valence electrons. The number of amides is 1. The van der Waals surface area contributed by atoms with Crippen molar-refractivity contribution in [3.05, 3.63) is 17.3 Å². The van der Waals surface area contributed by atoms with Crippen molar-refractivity contribution in [3.63, 3.8) is 0 Å². The van der Waals surface area contributed by atoms with E-state index in [0.717, 1.165) is 0 Å². The molecule has 0 spiro atoms. The van der Waals surface area contributed by atoms with Crippen LogP contribution < -0.4 is 10.1 Å². The first kappa shape index (κ1) is 10.4. The second kappa shape index (κ2) is 3.80. The van der Waals surface area contributed by atoms with Crippen molar-refractivity contribution in [2.24, 2.45) is 0 Å². The predicted octanol–water partition coefficient (Wildman–Crippen LogP) is 0.371. The fourth-order valence-electron chi connectivity index (χ4n) is 1.56. The summed E-state index contributed by atoms with van der Waals surface area (Å²) in [5.74, 6) is -0.471. The zero-order valence-corrected chi connectivity index (χ0v) is 8.86. The van der Waals surface area contributed by atoms with Crippen LogP contribution in [-0.2, 0) is 16.0 Å². The fourth-order valence-corrected chi connectivity index (χ4v) is 1.56. The van der Waals surface area contributed by atoms with Crippen LogP contribution in [0.25, 0.3) is 0 Å². The van der Waals surface area contributed by atoms with Crippen LogP contribution >= 0.6 is 0 Å². The topological polar surface area (TPSA) is 77.5 Å². The standard InChI is InChI=1S/C10H10N2O4/c1-15-9-8-5(4-7(13)12-8)3-6(11-9)10(14)16-2/h3H,4H2,1-2H3,(H,12,13). The SMILES string of the molecule is COC(=O)c1cc2c(c(OC)n1)NC(=O)C2. The lowest BCUT2D eigenvalue weighted by Crippen LogP contribution is -2.07. The van der Waals surface area contributed by atoms with Crippen molar-refractivity contribution >= 4 is 17.6 Å². The van der Waals surface area contributed by atoms with Gasteiger partial charge in [-0.05, 0) is 11.6 Å². The molecule has 6 nitrogen and oxygen atoms in total. The van der Waals surface area contributed by atoms with E-state index in [2.05, 4.69) is 15.0 Å². The molecule has 1 N–H and O–H groups in total. The third kappa shape index (κ3) is 1.58. The van der Waals surface area contributed by atoms with Crippen molar-refractivity contribution < 1.29 is 19.1 Å². The van der Waals surface area contributed by atoms with Gasteiger partial charge in [-0.15, -0.1) is 0 Å². The summed E-state index contributed by atoms with van der Waals surface area (Å²) in [4.78, 5) is 26.5. The number of aromatic nitrogens is 1. The first-order chi connectivity index (χ1) is 7.65. The summed E-state index contributed by atoms with van der Waals surface area (Å²) in [6.07, 6.45) is 0.220. The number of pyridine rings is 1. The number of anilines is 1. The molecular weight excluding hydrogens is 212 g/mol. The van der Waals surface area contributed by atoms with E-state index in [4.69, 9.17) is 4.74 Å². The van der Waals surface area contributed by atoms with Crippen LogP contribution in [0.15, 0.2) is 6.07 Å². The minimum atomic E-state index is -0.555. The number of carbonyl (C=O) groups excluding carboxylic acids is 2. The van der Waals surface area contributed by atoms with Crippen LogP contribution in [0.5, 0.6) is 5.88 Å². The van der Waals surface area contributed by atoms with Gasteiger partial charge in [0.15, 0.2) is 5.69 Å². The lowest BCUT2D eigenvalue weighted by atomic mass is 10.1. The second-order valence-corrected chi connectivity index (χ2v) is 3.27. The monoisotopic (exact) mass is 222 g/mol. The Morgan fingerprint density at radius 3 is 2.88 bits per heavy atom. The Balaban J connectivity index is 2.51. The second-order valence-electron chi connectivity index (χ2n) is 3.27. The first-order valence-corrected chi connectivity index (χ1v) is 4.61. The van der Waals surface area contributed by atoms with Crippen LogP contribution in [0.1, 0.15) is 16.1 Å². The molecule has 1 aromatic heterocycles. The van der Waals surface area contributed by atoms with Gasteiger partial charge in [-0.1, -0.05) is 0 Å². The summed E-state index contributed by atoms with van der Waals surface area (Å²) in [5.41, 5.74) is 1.35. The van der Waals surface area contributed by atoms with Gasteiger partial charge in [0.1, 0.15) is 5.69 Å². The molecule has 1 aliphatic heterocycles. The van der Waals surface area contributed by atoms with Crippen LogP contribution in [0.4, 0.5) is 5.69 Å². The largest absolute Gasteiger partial charge is 0.479 e. The number of ether oxygens (including phenoxy) is 2. The highest BCUT2D eigenvalue weighted by Crippen LogP contribution is 2.32. The highest BCUT2D eigenvalue weighted by atomic mass is 16.5. The maximum Gasteiger partial charge on any atom is 0.356 e. The first-order valence-electron chi connectivity index (χ1n) is 4.61. The summed E-state index contributed by atoms with van der Waals surface area (Å²) >= 11 is 0. The molecule has 0 fully saturated rings. The van der Waals surface area contributed by atoms with E-state index < -0.39 is 5.97 Å². The number of hydrogen-bond acceptors (Lipinski definition) is 5. The Morgan fingerprint density at radius 1 is 1.50 bits per heavy atom.